The Kier molecular flexibility index (Phi) is 9.90. The normalized spacial score (nSPS) is 18.6. The van der Waals surface area contributed by atoms with Gasteiger partial charge in [0.05, 0.1) is 18.2 Å². The van der Waals surface area contributed by atoms with Crippen LogP contribution in [-0.2, 0) is 4.74 Å². The van der Waals surface area contributed by atoms with Gasteiger partial charge in [0.15, 0.2) is 5.82 Å². The third-order valence-corrected chi connectivity index (χ3v) is 9.49. The number of halogens is 2. The summed E-state index contributed by atoms with van der Waals surface area (Å²) >= 11 is 6.89. The Hall–Kier alpha value is -3.24. The van der Waals surface area contributed by atoms with Gasteiger partial charge in [0.1, 0.15) is 17.1 Å². The predicted octanol–water partition coefficient (Wildman–Crippen LogP) is 6.76. The van der Waals surface area contributed by atoms with Gasteiger partial charge in [0, 0.05) is 48.8 Å². The maximum absolute atomic E-state index is 16.8. The second-order valence-corrected chi connectivity index (χ2v) is 12.7. The first-order valence-electron chi connectivity index (χ1n) is 16.2. The van der Waals surface area contributed by atoms with Crippen molar-refractivity contribution in [1.29, 1.82) is 0 Å². The fourth-order valence-corrected chi connectivity index (χ4v) is 7.04. The molecule has 0 amide bonds. The van der Waals surface area contributed by atoms with Crippen LogP contribution in [0.4, 0.5) is 10.2 Å². The number of benzene rings is 3. The Labute approximate surface area is 269 Å². The van der Waals surface area contributed by atoms with Gasteiger partial charge in [-0.1, -0.05) is 49.2 Å². The van der Waals surface area contributed by atoms with Crippen LogP contribution in [0, 0.1) is 12.7 Å². The Balaban J connectivity index is 1.31. The molecule has 2 saturated heterocycles. The number of hydrogen-bond donors (Lipinski definition) is 3. The molecule has 10 heteroatoms. The number of aromatic nitrogens is 2. The average molecular weight is 636 g/mol. The van der Waals surface area contributed by atoms with Crippen LogP contribution in [0.5, 0.6) is 11.8 Å². The van der Waals surface area contributed by atoms with Crippen molar-refractivity contribution in [3.63, 3.8) is 0 Å². The van der Waals surface area contributed by atoms with Crippen LogP contribution < -0.4 is 20.3 Å². The molecule has 0 saturated carbocycles. The molecule has 6 rings (SSSR count). The van der Waals surface area contributed by atoms with Crippen molar-refractivity contribution in [2.75, 3.05) is 44.9 Å². The minimum atomic E-state index is -0.558. The maximum atomic E-state index is 16.8. The van der Waals surface area contributed by atoms with E-state index in [-0.39, 0.29) is 27.9 Å². The molecule has 8 nitrogen and oxygen atoms in total. The minimum absolute atomic E-state index is 0.0822. The minimum Gasteiger partial charge on any atom is -0.508 e. The van der Waals surface area contributed by atoms with Gasteiger partial charge in [-0.15, -0.1) is 0 Å². The van der Waals surface area contributed by atoms with Crippen LogP contribution in [-0.4, -0.2) is 73.2 Å². The fourth-order valence-electron chi connectivity index (χ4n) is 6.75. The number of nitrogens with zero attached hydrogens (tertiary/aromatic N) is 3. The highest BCUT2D eigenvalue weighted by Crippen LogP contribution is 2.44. The Bertz CT molecular complexity index is 1660. The summed E-state index contributed by atoms with van der Waals surface area (Å²) in [5.41, 5.74) is 1.60. The summed E-state index contributed by atoms with van der Waals surface area (Å²) in [6.45, 7) is 7.28. The molecule has 3 atom stereocenters. The van der Waals surface area contributed by atoms with E-state index in [4.69, 9.17) is 26.1 Å². The second kappa shape index (κ2) is 14.0. The van der Waals surface area contributed by atoms with Crippen LogP contribution in [0.2, 0.25) is 5.02 Å². The number of piperazine rings is 1. The summed E-state index contributed by atoms with van der Waals surface area (Å²) in [6.07, 6.45) is 6.00. The number of rotatable bonds is 13. The molecule has 3 unspecified atom stereocenters. The van der Waals surface area contributed by atoms with E-state index in [9.17, 15) is 5.11 Å². The number of hydrogen-bond acceptors (Lipinski definition) is 8. The molecule has 3 aromatic carbocycles. The van der Waals surface area contributed by atoms with Gasteiger partial charge in [-0.3, -0.25) is 0 Å². The lowest BCUT2D eigenvalue weighted by molar-refractivity contribution is 0.104. The number of likely N-dealkylation sites (N-methyl/N-ethyl adjacent to an activating group) is 1. The standard InChI is InChI=1S/C35H43ClFN5O3/c1-4-9-24(38-3)20-44-14-7-8-15-45-35-40-33-28(34(41-35)42-18-22-12-13-23(19-42)39-22)16-29(36)31(32(33)37)27-17-30(43)21(2)25-10-5-6-11-26(25)27/h5-6,10-11,16-17,22-24,38-39,43H,4,7-9,12-15,18-20H2,1-3H3. The van der Waals surface area contributed by atoms with Gasteiger partial charge < -0.3 is 30.1 Å². The van der Waals surface area contributed by atoms with E-state index in [2.05, 4.69) is 27.4 Å². The summed E-state index contributed by atoms with van der Waals surface area (Å²) in [5.74, 6) is 0.158. The molecule has 2 aliphatic heterocycles. The number of phenolic OH excluding ortho intramolecular Hbond substituents is 1. The smallest absolute Gasteiger partial charge is 0.319 e. The zero-order chi connectivity index (χ0) is 31.5. The second-order valence-electron chi connectivity index (χ2n) is 12.3. The predicted molar refractivity (Wildman–Crippen MR) is 179 cm³/mol. The van der Waals surface area contributed by atoms with Crippen molar-refractivity contribution in [2.24, 2.45) is 0 Å². The number of aromatic hydroxyl groups is 1. The molecule has 0 aliphatic carbocycles. The lowest BCUT2D eigenvalue weighted by Crippen LogP contribution is -2.51. The molecular weight excluding hydrogens is 593 g/mol. The lowest BCUT2D eigenvalue weighted by atomic mass is 9.93. The highest BCUT2D eigenvalue weighted by atomic mass is 35.5. The molecule has 2 bridgehead atoms. The lowest BCUT2D eigenvalue weighted by Gasteiger charge is -2.34. The molecule has 240 valence electrons. The third-order valence-electron chi connectivity index (χ3n) is 9.19. The first kappa shape index (κ1) is 31.7. The van der Waals surface area contributed by atoms with Gasteiger partial charge in [-0.2, -0.15) is 9.97 Å². The Morgan fingerprint density at radius 2 is 1.82 bits per heavy atom. The summed E-state index contributed by atoms with van der Waals surface area (Å²) in [6, 6.07) is 12.2. The molecule has 3 heterocycles. The summed E-state index contributed by atoms with van der Waals surface area (Å²) < 4.78 is 28.7. The zero-order valence-corrected chi connectivity index (χ0v) is 27.1. The highest BCUT2D eigenvalue weighted by molar-refractivity contribution is 6.35. The quantitative estimate of drug-likeness (QED) is 0.139. The number of phenols is 1. The molecule has 2 fully saturated rings. The Morgan fingerprint density at radius 1 is 1.09 bits per heavy atom. The van der Waals surface area contributed by atoms with Crippen LogP contribution in [0.1, 0.15) is 51.0 Å². The maximum Gasteiger partial charge on any atom is 0.319 e. The molecular formula is C35H43ClFN5O3. The van der Waals surface area contributed by atoms with Crippen molar-refractivity contribution in [3.8, 4) is 22.9 Å². The molecule has 2 aliphatic rings. The monoisotopic (exact) mass is 635 g/mol. The topological polar surface area (TPSA) is 91.8 Å². The first-order chi connectivity index (χ1) is 21.9. The van der Waals surface area contributed by atoms with Gasteiger partial charge in [0.25, 0.3) is 0 Å². The summed E-state index contributed by atoms with van der Waals surface area (Å²) in [5, 5.41) is 20.1. The van der Waals surface area contributed by atoms with Crippen molar-refractivity contribution < 1.29 is 19.0 Å². The zero-order valence-electron chi connectivity index (χ0n) is 26.3. The van der Waals surface area contributed by atoms with E-state index in [1.807, 2.05) is 38.2 Å². The summed E-state index contributed by atoms with van der Waals surface area (Å²) in [4.78, 5) is 11.6. The third kappa shape index (κ3) is 6.68. The van der Waals surface area contributed by atoms with E-state index >= 15 is 4.39 Å². The van der Waals surface area contributed by atoms with E-state index in [0.29, 0.717) is 54.7 Å². The van der Waals surface area contributed by atoms with Crippen molar-refractivity contribution in [1.82, 2.24) is 20.6 Å². The highest BCUT2D eigenvalue weighted by Gasteiger charge is 2.34. The van der Waals surface area contributed by atoms with Gasteiger partial charge in [-0.05, 0) is 80.1 Å². The summed E-state index contributed by atoms with van der Waals surface area (Å²) in [7, 11) is 1.97. The SMILES string of the molecule is CCCC(COCCCCOc1nc(N2CC3CCC(C2)N3)c2cc(Cl)c(-c3cc(O)c(C)c4ccccc34)c(F)c2n1)NC. The van der Waals surface area contributed by atoms with E-state index < -0.39 is 5.82 Å². The number of anilines is 1. The molecule has 0 radical (unpaired) electrons. The van der Waals surface area contributed by atoms with E-state index in [0.717, 1.165) is 68.0 Å². The van der Waals surface area contributed by atoms with Crippen LogP contribution >= 0.6 is 11.6 Å². The van der Waals surface area contributed by atoms with E-state index in [1.54, 1.807) is 12.1 Å². The van der Waals surface area contributed by atoms with Gasteiger partial charge in [-0.25, -0.2) is 4.39 Å². The number of aryl methyl sites for hydroxylation is 1. The average Bonchev–Trinajstić information content (AvgIpc) is 3.39. The van der Waals surface area contributed by atoms with Crippen LogP contribution in [0.3, 0.4) is 0 Å². The molecule has 45 heavy (non-hydrogen) atoms. The van der Waals surface area contributed by atoms with Crippen LogP contribution in [0.15, 0.2) is 36.4 Å². The molecule has 4 aromatic rings. The van der Waals surface area contributed by atoms with Crippen molar-refractivity contribution in [2.45, 2.75) is 70.5 Å². The number of ether oxygens (including phenoxy) is 2. The van der Waals surface area contributed by atoms with Crippen molar-refractivity contribution >= 4 is 39.1 Å². The number of unbranched alkanes of at least 4 members (excludes halogenated alkanes) is 1. The van der Waals surface area contributed by atoms with E-state index in [1.165, 1.54) is 0 Å². The number of nitrogens with one attached hydrogen (secondary N) is 2. The molecule has 3 N–H and O–H groups in total. The number of fused-ring (bicyclic) bond motifs is 4. The van der Waals surface area contributed by atoms with Gasteiger partial charge in [0.2, 0.25) is 0 Å². The van der Waals surface area contributed by atoms with Crippen LogP contribution in [0.25, 0.3) is 32.8 Å². The van der Waals surface area contributed by atoms with Gasteiger partial charge >= 0.3 is 6.01 Å². The molecule has 1 aromatic heterocycles. The fraction of sp³-hybridized carbons (Fsp3) is 0.486. The first-order valence-corrected chi connectivity index (χ1v) is 16.6. The Morgan fingerprint density at radius 3 is 2.56 bits per heavy atom. The molecule has 0 spiro atoms. The largest absolute Gasteiger partial charge is 0.508 e. The van der Waals surface area contributed by atoms with Crippen molar-refractivity contribution in [3.05, 3.63) is 52.8 Å².